The minimum absolute atomic E-state index is 0.00753. The van der Waals surface area contributed by atoms with Crippen LogP contribution < -0.4 is 0 Å². The Morgan fingerprint density at radius 3 is 2.59 bits per heavy atom. The quantitative estimate of drug-likeness (QED) is 0.666. The number of piperidine rings is 1. The Morgan fingerprint density at radius 1 is 1.14 bits per heavy atom. The summed E-state index contributed by atoms with van der Waals surface area (Å²) < 4.78 is 25.5. The summed E-state index contributed by atoms with van der Waals surface area (Å²) in [5.41, 5.74) is 0. The molecule has 4 rings (SSSR count). The van der Waals surface area contributed by atoms with Crippen LogP contribution >= 0.6 is 11.6 Å². The van der Waals surface area contributed by atoms with Gasteiger partial charge in [-0.2, -0.15) is 0 Å². The monoisotopic (exact) mass is 431 g/mol. The lowest BCUT2D eigenvalue weighted by molar-refractivity contribution is -0.131. The van der Waals surface area contributed by atoms with Crippen LogP contribution in [0.25, 0.3) is 10.8 Å². The smallest absolute Gasteiger partial charge is 0.223 e. The van der Waals surface area contributed by atoms with Crippen LogP contribution in [0.2, 0.25) is 5.02 Å². The third-order valence-electron chi connectivity index (χ3n) is 5.47. The molecular formula is C21H22ClN3O3S. The Kier molecular flexibility index (Phi) is 5.61. The van der Waals surface area contributed by atoms with E-state index in [2.05, 4.69) is 9.97 Å². The summed E-state index contributed by atoms with van der Waals surface area (Å²) in [4.78, 5) is 22.0. The number of aromatic nitrogens is 2. The van der Waals surface area contributed by atoms with Crippen molar-refractivity contribution in [2.24, 2.45) is 0 Å². The molecule has 152 valence electrons. The van der Waals surface area contributed by atoms with E-state index in [4.69, 9.17) is 11.6 Å². The molecule has 0 unspecified atom stereocenters. The number of sulfone groups is 1. The van der Waals surface area contributed by atoms with Gasteiger partial charge in [-0.05, 0) is 47.9 Å². The molecule has 0 atom stereocenters. The van der Waals surface area contributed by atoms with Gasteiger partial charge >= 0.3 is 0 Å². The summed E-state index contributed by atoms with van der Waals surface area (Å²) in [6, 6.07) is 10.3. The maximum absolute atomic E-state index is 12.7. The Hall–Kier alpha value is -2.38. The average molecular weight is 432 g/mol. The van der Waals surface area contributed by atoms with Gasteiger partial charge in [-0.25, -0.2) is 13.4 Å². The Balaban J connectivity index is 1.36. The molecule has 1 N–H and O–H groups in total. The van der Waals surface area contributed by atoms with Gasteiger partial charge < -0.3 is 9.88 Å². The number of H-pyrrole nitrogens is 1. The molecule has 3 aromatic rings. The zero-order valence-corrected chi connectivity index (χ0v) is 17.4. The molecular weight excluding hydrogens is 410 g/mol. The van der Waals surface area contributed by atoms with Gasteiger partial charge in [-0.3, -0.25) is 4.79 Å². The summed E-state index contributed by atoms with van der Waals surface area (Å²) in [6.45, 7) is 1.25. The number of hydrogen-bond donors (Lipinski definition) is 1. The van der Waals surface area contributed by atoms with E-state index in [1.807, 2.05) is 0 Å². The number of hydrogen-bond acceptors (Lipinski definition) is 4. The summed E-state index contributed by atoms with van der Waals surface area (Å²) in [6.07, 6.45) is 5.20. The number of fused-ring (bicyclic) bond motifs is 1. The van der Waals surface area contributed by atoms with Crippen molar-refractivity contribution in [3.63, 3.8) is 0 Å². The first kappa shape index (κ1) is 19.9. The second-order valence-electron chi connectivity index (χ2n) is 7.35. The zero-order chi connectivity index (χ0) is 20.4. The number of rotatable bonds is 5. The number of imidazole rings is 1. The number of carbonyl (C=O) groups is 1. The van der Waals surface area contributed by atoms with E-state index in [0.29, 0.717) is 24.0 Å². The molecule has 0 radical (unpaired) electrons. The number of nitrogens with zero attached hydrogens (tertiary/aromatic N) is 2. The number of nitrogens with one attached hydrogen (secondary N) is 1. The fourth-order valence-electron chi connectivity index (χ4n) is 3.79. The molecule has 2 heterocycles. The first-order valence-corrected chi connectivity index (χ1v) is 11.6. The molecule has 1 amide bonds. The van der Waals surface area contributed by atoms with Gasteiger partial charge in [0, 0.05) is 42.8 Å². The van der Waals surface area contributed by atoms with E-state index in [1.165, 1.54) is 0 Å². The van der Waals surface area contributed by atoms with Gasteiger partial charge in [-0.15, -0.1) is 0 Å². The van der Waals surface area contributed by atoms with Crippen LogP contribution in [0, 0.1) is 0 Å². The maximum atomic E-state index is 12.7. The van der Waals surface area contributed by atoms with Gasteiger partial charge in [0.05, 0.1) is 10.6 Å². The van der Waals surface area contributed by atoms with Crippen LogP contribution in [0.1, 0.15) is 31.0 Å². The van der Waals surface area contributed by atoms with Crippen molar-refractivity contribution in [1.29, 1.82) is 0 Å². The third kappa shape index (κ3) is 4.46. The Bertz CT molecular complexity index is 1120. The van der Waals surface area contributed by atoms with E-state index in [1.54, 1.807) is 53.7 Å². The van der Waals surface area contributed by atoms with Gasteiger partial charge in [0.1, 0.15) is 5.82 Å². The predicted octanol–water partition coefficient (Wildman–Crippen LogP) is 3.79. The standard InChI is InChI=1S/C21H22ClN3O3S/c22-18-3-1-17-14-19(4-2-16(17)13-18)29(27,28)12-7-20(26)25-10-5-15(6-11-25)21-23-8-9-24-21/h1-4,8-9,13-15H,5-7,10-12H2,(H,23,24). The average Bonchev–Trinajstić information content (AvgIpc) is 3.26. The van der Waals surface area contributed by atoms with Crippen molar-refractivity contribution >= 4 is 38.1 Å². The van der Waals surface area contributed by atoms with Crippen LogP contribution in [0.3, 0.4) is 0 Å². The summed E-state index contributed by atoms with van der Waals surface area (Å²) >= 11 is 5.98. The van der Waals surface area contributed by atoms with Crippen LogP contribution in [0.15, 0.2) is 53.7 Å². The highest BCUT2D eigenvalue weighted by atomic mass is 35.5. The van der Waals surface area contributed by atoms with Crippen molar-refractivity contribution in [1.82, 2.24) is 14.9 Å². The molecule has 1 saturated heterocycles. The fraction of sp³-hybridized carbons (Fsp3) is 0.333. The molecule has 0 bridgehead atoms. The molecule has 1 aliphatic heterocycles. The first-order valence-electron chi connectivity index (χ1n) is 9.61. The molecule has 1 fully saturated rings. The van der Waals surface area contributed by atoms with E-state index in [-0.39, 0.29) is 23.0 Å². The normalized spacial score (nSPS) is 15.7. The number of likely N-dealkylation sites (tertiary alicyclic amines) is 1. The molecule has 1 aliphatic rings. The minimum Gasteiger partial charge on any atom is -0.348 e. The zero-order valence-electron chi connectivity index (χ0n) is 15.8. The second kappa shape index (κ2) is 8.16. The second-order valence-corrected chi connectivity index (χ2v) is 9.90. The maximum Gasteiger partial charge on any atom is 0.223 e. The number of aromatic amines is 1. The number of amides is 1. The van der Waals surface area contributed by atoms with E-state index in [0.717, 1.165) is 29.4 Å². The van der Waals surface area contributed by atoms with Crippen molar-refractivity contribution < 1.29 is 13.2 Å². The minimum atomic E-state index is -3.54. The summed E-state index contributed by atoms with van der Waals surface area (Å²) in [7, 11) is -3.54. The van der Waals surface area contributed by atoms with Gasteiger partial charge in [0.15, 0.2) is 9.84 Å². The van der Waals surface area contributed by atoms with Crippen LogP contribution in [0.5, 0.6) is 0 Å². The van der Waals surface area contributed by atoms with Gasteiger partial charge in [-0.1, -0.05) is 23.7 Å². The number of carbonyl (C=O) groups excluding carboxylic acids is 1. The van der Waals surface area contributed by atoms with E-state index >= 15 is 0 Å². The largest absolute Gasteiger partial charge is 0.348 e. The van der Waals surface area contributed by atoms with Crippen molar-refractivity contribution in [3.8, 4) is 0 Å². The summed E-state index contributed by atoms with van der Waals surface area (Å²) in [5.74, 6) is 0.975. The SMILES string of the molecule is O=C(CCS(=O)(=O)c1ccc2cc(Cl)ccc2c1)N1CCC(c2ncc[nH]2)CC1. The van der Waals surface area contributed by atoms with Crippen molar-refractivity contribution in [2.45, 2.75) is 30.1 Å². The third-order valence-corrected chi connectivity index (χ3v) is 7.42. The predicted molar refractivity (Wildman–Crippen MR) is 113 cm³/mol. The molecule has 6 nitrogen and oxygen atoms in total. The number of halogens is 1. The highest BCUT2D eigenvalue weighted by molar-refractivity contribution is 7.91. The molecule has 0 aliphatic carbocycles. The molecule has 2 aromatic carbocycles. The molecule has 29 heavy (non-hydrogen) atoms. The van der Waals surface area contributed by atoms with Gasteiger partial charge in [0.25, 0.3) is 0 Å². The lowest BCUT2D eigenvalue weighted by Crippen LogP contribution is -2.38. The summed E-state index contributed by atoms with van der Waals surface area (Å²) in [5, 5.41) is 2.29. The Morgan fingerprint density at radius 2 is 1.86 bits per heavy atom. The van der Waals surface area contributed by atoms with E-state index in [9.17, 15) is 13.2 Å². The lowest BCUT2D eigenvalue weighted by Gasteiger charge is -2.31. The molecule has 1 aromatic heterocycles. The number of benzene rings is 2. The van der Waals surface area contributed by atoms with Crippen molar-refractivity contribution in [2.75, 3.05) is 18.8 Å². The first-order chi connectivity index (χ1) is 13.9. The highest BCUT2D eigenvalue weighted by Gasteiger charge is 2.26. The lowest BCUT2D eigenvalue weighted by atomic mass is 9.96. The fourth-order valence-corrected chi connectivity index (χ4v) is 5.23. The Labute approximate surface area is 174 Å². The highest BCUT2D eigenvalue weighted by Crippen LogP contribution is 2.26. The van der Waals surface area contributed by atoms with Gasteiger partial charge in [0.2, 0.25) is 5.91 Å². The van der Waals surface area contributed by atoms with Crippen LogP contribution in [-0.2, 0) is 14.6 Å². The van der Waals surface area contributed by atoms with E-state index < -0.39 is 9.84 Å². The van der Waals surface area contributed by atoms with Crippen LogP contribution in [0.4, 0.5) is 0 Å². The molecule has 0 saturated carbocycles. The van der Waals surface area contributed by atoms with Crippen molar-refractivity contribution in [3.05, 3.63) is 59.6 Å². The van der Waals surface area contributed by atoms with Crippen LogP contribution in [-0.4, -0.2) is 48.0 Å². The topological polar surface area (TPSA) is 83.1 Å². The molecule has 8 heteroatoms. The molecule has 0 spiro atoms.